The molecule has 4 nitrogen and oxygen atoms in total. The molecule has 0 radical (unpaired) electrons. The third kappa shape index (κ3) is 3.67. The van der Waals surface area contributed by atoms with Crippen LogP contribution < -0.4 is 5.32 Å². The van der Waals surface area contributed by atoms with E-state index in [4.69, 9.17) is 4.42 Å². The molecule has 1 aromatic heterocycles. The van der Waals surface area contributed by atoms with Crippen LogP contribution in [0.5, 0.6) is 0 Å². The van der Waals surface area contributed by atoms with Gasteiger partial charge in [0, 0.05) is 16.8 Å². The van der Waals surface area contributed by atoms with Gasteiger partial charge in [-0.2, -0.15) is 0 Å². The van der Waals surface area contributed by atoms with E-state index in [0.29, 0.717) is 23.1 Å². The second-order valence-electron chi connectivity index (χ2n) is 7.30. The molecule has 4 aromatic rings. The van der Waals surface area contributed by atoms with Crippen molar-refractivity contribution in [1.82, 2.24) is 4.98 Å². The van der Waals surface area contributed by atoms with E-state index >= 15 is 0 Å². The average molecular weight is 370 g/mol. The number of amides is 1. The average Bonchev–Trinajstić information content (AvgIpc) is 3.11. The first-order chi connectivity index (χ1) is 13.5. The van der Waals surface area contributed by atoms with Crippen LogP contribution in [-0.4, -0.2) is 10.9 Å². The van der Waals surface area contributed by atoms with E-state index in [0.717, 1.165) is 22.2 Å². The number of hydrogen-bond acceptors (Lipinski definition) is 3. The predicted molar refractivity (Wildman–Crippen MR) is 113 cm³/mol. The second-order valence-corrected chi connectivity index (χ2v) is 7.30. The first kappa shape index (κ1) is 18.0. The number of carbonyl (C=O) groups is 1. The summed E-state index contributed by atoms with van der Waals surface area (Å²) in [5.74, 6) is 0.840. The van der Waals surface area contributed by atoms with E-state index in [-0.39, 0.29) is 5.91 Å². The van der Waals surface area contributed by atoms with Crippen molar-refractivity contribution in [3.05, 3.63) is 83.4 Å². The number of carbonyl (C=O) groups excluding carboxylic acids is 1. The van der Waals surface area contributed by atoms with Gasteiger partial charge in [0.2, 0.25) is 5.89 Å². The number of nitrogens with one attached hydrogen (secondary N) is 1. The number of hydrogen-bond donors (Lipinski definition) is 1. The Morgan fingerprint density at radius 1 is 1.00 bits per heavy atom. The Balaban J connectivity index is 1.56. The third-order valence-electron chi connectivity index (χ3n) is 4.75. The fourth-order valence-corrected chi connectivity index (χ4v) is 3.11. The fourth-order valence-electron chi connectivity index (χ4n) is 3.11. The van der Waals surface area contributed by atoms with Gasteiger partial charge < -0.3 is 9.73 Å². The number of rotatable bonds is 4. The van der Waals surface area contributed by atoms with Crippen LogP contribution in [0.25, 0.3) is 22.6 Å². The predicted octanol–water partition coefficient (Wildman–Crippen LogP) is 6.18. The first-order valence-corrected chi connectivity index (χ1v) is 9.38. The monoisotopic (exact) mass is 370 g/mol. The van der Waals surface area contributed by atoms with Crippen molar-refractivity contribution in [1.29, 1.82) is 0 Å². The minimum Gasteiger partial charge on any atom is -0.436 e. The molecule has 28 heavy (non-hydrogen) atoms. The molecule has 1 amide bonds. The molecule has 0 fully saturated rings. The van der Waals surface area contributed by atoms with Crippen LogP contribution in [0.4, 0.5) is 5.69 Å². The maximum absolute atomic E-state index is 12.6. The number of nitrogens with zero attached hydrogens (tertiary/aromatic N) is 1. The lowest BCUT2D eigenvalue weighted by Gasteiger charge is -2.08. The standard InChI is InChI=1S/C24H22N2O2/c1-15(2)17-8-10-18(11-9-17)23(27)25-20-6-4-5-19(14-20)24-26-21-12-7-16(3)13-22(21)28-24/h4-15H,1-3H3,(H,25,27). The van der Waals surface area contributed by atoms with Crippen molar-refractivity contribution in [2.24, 2.45) is 0 Å². The van der Waals surface area contributed by atoms with E-state index in [2.05, 4.69) is 24.1 Å². The summed E-state index contributed by atoms with van der Waals surface area (Å²) in [6, 6.07) is 21.2. The number of fused-ring (bicyclic) bond motifs is 1. The van der Waals surface area contributed by atoms with Crippen molar-refractivity contribution >= 4 is 22.7 Å². The highest BCUT2D eigenvalue weighted by molar-refractivity contribution is 6.04. The van der Waals surface area contributed by atoms with Gasteiger partial charge >= 0.3 is 0 Å². The largest absolute Gasteiger partial charge is 0.436 e. The molecule has 0 saturated carbocycles. The first-order valence-electron chi connectivity index (χ1n) is 9.38. The Morgan fingerprint density at radius 2 is 1.79 bits per heavy atom. The van der Waals surface area contributed by atoms with Crippen LogP contribution >= 0.6 is 0 Å². The summed E-state index contributed by atoms with van der Waals surface area (Å²) in [7, 11) is 0. The van der Waals surface area contributed by atoms with E-state index < -0.39 is 0 Å². The quantitative estimate of drug-likeness (QED) is 0.467. The number of aromatic nitrogens is 1. The number of anilines is 1. The van der Waals surface area contributed by atoms with Crippen LogP contribution in [0.1, 0.15) is 41.3 Å². The molecule has 0 spiro atoms. The summed E-state index contributed by atoms with van der Waals surface area (Å²) in [4.78, 5) is 17.1. The van der Waals surface area contributed by atoms with E-state index in [9.17, 15) is 4.79 Å². The summed E-state index contributed by atoms with van der Waals surface area (Å²) in [5, 5.41) is 2.95. The van der Waals surface area contributed by atoms with Gasteiger partial charge in [-0.3, -0.25) is 4.79 Å². The zero-order valence-electron chi connectivity index (χ0n) is 16.2. The molecule has 0 bridgehead atoms. The Bertz CT molecular complexity index is 1140. The highest BCUT2D eigenvalue weighted by atomic mass is 16.3. The molecule has 3 aromatic carbocycles. The van der Waals surface area contributed by atoms with Crippen molar-refractivity contribution in [3.8, 4) is 11.5 Å². The summed E-state index contributed by atoms with van der Waals surface area (Å²) in [6.45, 7) is 6.29. The van der Waals surface area contributed by atoms with Crippen molar-refractivity contribution in [2.45, 2.75) is 26.7 Å². The normalized spacial score (nSPS) is 11.1. The Morgan fingerprint density at radius 3 is 2.54 bits per heavy atom. The maximum Gasteiger partial charge on any atom is 0.255 e. The molecule has 1 N–H and O–H groups in total. The number of benzene rings is 3. The van der Waals surface area contributed by atoms with Gasteiger partial charge in [-0.05, 0) is 66.4 Å². The summed E-state index contributed by atoms with van der Waals surface area (Å²) in [5.41, 5.74) is 6.07. The SMILES string of the molecule is Cc1ccc2nc(-c3cccc(NC(=O)c4ccc(C(C)C)cc4)c3)oc2c1. The second kappa shape index (κ2) is 7.31. The molecular formula is C24H22N2O2. The summed E-state index contributed by atoms with van der Waals surface area (Å²) < 4.78 is 5.89. The van der Waals surface area contributed by atoms with Gasteiger partial charge in [0.15, 0.2) is 5.58 Å². The lowest BCUT2D eigenvalue weighted by molar-refractivity contribution is 0.102. The molecule has 4 heteroatoms. The highest BCUT2D eigenvalue weighted by Crippen LogP contribution is 2.27. The maximum atomic E-state index is 12.6. The zero-order chi connectivity index (χ0) is 19.7. The smallest absolute Gasteiger partial charge is 0.255 e. The molecule has 4 rings (SSSR count). The molecule has 0 atom stereocenters. The van der Waals surface area contributed by atoms with Crippen LogP contribution in [0.3, 0.4) is 0 Å². The number of oxazole rings is 1. The van der Waals surface area contributed by atoms with Crippen LogP contribution in [0.15, 0.2) is 71.1 Å². The van der Waals surface area contributed by atoms with Gasteiger partial charge in [-0.25, -0.2) is 4.98 Å². The van der Waals surface area contributed by atoms with Gasteiger partial charge in [0.25, 0.3) is 5.91 Å². The van der Waals surface area contributed by atoms with E-state index in [1.807, 2.05) is 73.7 Å². The Labute approximate surface area is 164 Å². The lowest BCUT2D eigenvalue weighted by atomic mass is 10.0. The molecule has 0 aliphatic rings. The van der Waals surface area contributed by atoms with E-state index in [1.54, 1.807) is 0 Å². The van der Waals surface area contributed by atoms with Gasteiger partial charge in [-0.1, -0.05) is 38.1 Å². The summed E-state index contributed by atoms with van der Waals surface area (Å²) >= 11 is 0. The highest BCUT2D eigenvalue weighted by Gasteiger charge is 2.11. The third-order valence-corrected chi connectivity index (χ3v) is 4.75. The minimum atomic E-state index is -0.138. The van der Waals surface area contributed by atoms with Crippen molar-refractivity contribution in [3.63, 3.8) is 0 Å². The minimum absolute atomic E-state index is 0.138. The molecule has 0 aliphatic carbocycles. The molecular weight excluding hydrogens is 348 g/mol. The molecule has 0 unspecified atom stereocenters. The van der Waals surface area contributed by atoms with Gasteiger partial charge in [-0.15, -0.1) is 0 Å². The van der Waals surface area contributed by atoms with Crippen molar-refractivity contribution < 1.29 is 9.21 Å². The topological polar surface area (TPSA) is 55.1 Å². The van der Waals surface area contributed by atoms with Gasteiger partial charge in [0.1, 0.15) is 5.52 Å². The molecule has 0 aliphatic heterocycles. The fraction of sp³-hybridized carbons (Fsp3) is 0.167. The Hall–Kier alpha value is -3.40. The van der Waals surface area contributed by atoms with Crippen LogP contribution in [0.2, 0.25) is 0 Å². The lowest BCUT2D eigenvalue weighted by Crippen LogP contribution is -2.11. The summed E-state index contributed by atoms with van der Waals surface area (Å²) in [6.07, 6.45) is 0. The van der Waals surface area contributed by atoms with E-state index in [1.165, 1.54) is 5.56 Å². The van der Waals surface area contributed by atoms with Crippen LogP contribution in [-0.2, 0) is 0 Å². The molecule has 140 valence electrons. The van der Waals surface area contributed by atoms with Crippen LogP contribution in [0, 0.1) is 6.92 Å². The van der Waals surface area contributed by atoms with Gasteiger partial charge in [0.05, 0.1) is 0 Å². The number of aryl methyl sites for hydroxylation is 1. The zero-order valence-corrected chi connectivity index (χ0v) is 16.2. The molecule has 0 saturated heterocycles. The molecule has 1 heterocycles. The Kier molecular flexibility index (Phi) is 4.70. The van der Waals surface area contributed by atoms with Crippen molar-refractivity contribution in [2.75, 3.05) is 5.32 Å².